The molecule has 4 heteroatoms. The standard InChI is InChI=1S/C30H33N3O/c1-20(2)33-16-14-24(15-17-33)23-12-10-22(11-13-23)18-28-30-25(7-5-9-29(30)34)19-27(32-28)26-8-4-6-21(3)31-26/h4-8,10-13,19-20,24H,9,14-18H2,1-3H3. The van der Waals surface area contributed by atoms with E-state index in [0.29, 0.717) is 24.8 Å². The van der Waals surface area contributed by atoms with Gasteiger partial charge in [-0.05, 0) is 87.5 Å². The monoisotopic (exact) mass is 451 g/mol. The molecule has 1 saturated heterocycles. The highest BCUT2D eigenvalue weighted by Crippen LogP contribution is 2.31. The van der Waals surface area contributed by atoms with Crippen LogP contribution >= 0.6 is 0 Å². The van der Waals surface area contributed by atoms with Crippen molar-refractivity contribution < 1.29 is 4.79 Å². The Labute approximate surface area is 202 Å². The molecule has 4 nitrogen and oxygen atoms in total. The summed E-state index contributed by atoms with van der Waals surface area (Å²) in [4.78, 5) is 25.0. The van der Waals surface area contributed by atoms with Crippen LogP contribution in [-0.2, 0) is 6.42 Å². The first-order valence-corrected chi connectivity index (χ1v) is 12.5. The molecule has 0 bridgehead atoms. The van der Waals surface area contributed by atoms with Crippen LogP contribution in [0.2, 0.25) is 0 Å². The normalized spacial score (nSPS) is 16.8. The summed E-state index contributed by atoms with van der Waals surface area (Å²) in [6.45, 7) is 8.91. The van der Waals surface area contributed by atoms with Gasteiger partial charge >= 0.3 is 0 Å². The highest BCUT2D eigenvalue weighted by molar-refractivity contribution is 6.04. The van der Waals surface area contributed by atoms with E-state index in [0.717, 1.165) is 33.9 Å². The van der Waals surface area contributed by atoms with E-state index >= 15 is 0 Å². The summed E-state index contributed by atoms with van der Waals surface area (Å²) in [6.07, 6.45) is 7.53. The lowest BCUT2D eigenvalue weighted by molar-refractivity contribution is 0.0993. The highest BCUT2D eigenvalue weighted by Gasteiger charge is 2.23. The Morgan fingerprint density at radius 3 is 2.47 bits per heavy atom. The van der Waals surface area contributed by atoms with Crippen LogP contribution < -0.4 is 0 Å². The van der Waals surface area contributed by atoms with Gasteiger partial charge in [0.15, 0.2) is 5.78 Å². The van der Waals surface area contributed by atoms with Crippen LogP contribution in [0.25, 0.3) is 17.5 Å². The number of carbonyl (C=O) groups excluding carboxylic acids is 1. The van der Waals surface area contributed by atoms with Gasteiger partial charge in [-0.3, -0.25) is 14.8 Å². The van der Waals surface area contributed by atoms with Gasteiger partial charge in [0, 0.05) is 30.1 Å². The first kappa shape index (κ1) is 22.7. The smallest absolute Gasteiger partial charge is 0.169 e. The minimum absolute atomic E-state index is 0.150. The number of Topliss-reactive ketones (excluding diaryl/α,β-unsaturated/α-hetero) is 1. The average Bonchev–Trinajstić information content (AvgIpc) is 2.84. The molecule has 5 rings (SSSR count). The molecule has 3 heterocycles. The number of likely N-dealkylation sites (tertiary alicyclic amines) is 1. The van der Waals surface area contributed by atoms with Crippen LogP contribution in [0.4, 0.5) is 0 Å². The van der Waals surface area contributed by atoms with Crippen molar-refractivity contribution >= 4 is 11.9 Å². The largest absolute Gasteiger partial charge is 0.301 e. The molecule has 34 heavy (non-hydrogen) atoms. The van der Waals surface area contributed by atoms with Crippen LogP contribution in [0.1, 0.15) is 77.5 Å². The molecule has 1 aromatic carbocycles. The van der Waals surface area contributed by atoms with Crippen molar-refractivity contribution in [2.24, 2.45) is 0 Å². The Kier molecular flexibility index (Phi) is 6.42. The lowest BCUT2D eigenvalue weighted by atomic mass is 9.87. The summed E-state index contributed by atoms with van der Waals surface area (Å²) < 4.78 is 0. The van der Waals surface area contributed by atoms with Crippen LogP contribution in [0.15, 0.2) is 54.6 Å². The van der Waals surface area contributed by atoms with Crippen LogP contribution in [0, 0.1) is 6.92 Å². The maximum atomic E-state index is 12.8. The molecule has 2 aliphatic rings. The fourth-order valence-corrected chi connectivity index (χ4v) is 5.26. The summed E-state index contributed by atoms with van der Waals surface area (Å²) >= 11 is 0. The molecule has 0 N–H and O–H groups in total. The highest BCUT2D eigenvalue weighted by atomic mass is 16.1. The van der Waals surface area contributed by atoms with Gasteiger partial charge in [0.1, 0.15) is 0 Å². The second-order valence-electron chi connectivity index (χ2n) is 9.93. The molecule has 0 radical (unpaired) electrons. The Morgan fingerprint density at radius 1 is 1.00 bits per heavy atom. The van der Waals surface area contributed by atoms with Gasteiger partial charge in [0.05, 0.1) is 17.1 Å². The van der Waals surface area contributed by atoms with E-state index in [1.165, 1.54) is 37.1 Å². The zero-order chi connectivity index (χ0) is 23.7. The average molecular weight is 452 g/mol. The first-order valence-electron chi connectivity index (χ1n) is 12.5. The molecule has 0 saturated carbocycles. The maximum absolute atomic E-state index is 12.8. The van der Waals surface area contributed by atoms with Gasteiger partial charge in [0.2, 0.25) is 0 Å². The minimum atomic E-state index is 0.150. The molecule has 1 fully saturated rings. The quantitative estimate of drug-likeness (QED) is 0.461. The van der Waals surface area contributed by atoms with Crippen LogP contribution in [-0.4, -0.2) is 39.8 Å². The predicted octanol–water partition coefficient (Wildman–Crippen LogP) is 6.23. The molecule has 0 unspecified atom stereocenters. The molecule has 0 spiro atoms. The molecule has 3 aromatic rings. The number of allylic oxidation sites excluding steroid dienone is 1. The lowest BCUT2D eigenvalue weighted by Crippen LogP contribution is -2.37. The van der Waals surface area contributed by atoms with E-state index in [4.69, 9.17) is 4.98 Å². The minimum Gasteiger partial charge on any atom is -0.301 e. The van der Waals surface area contributed by atoms with E-state index in [1.807, 2.05) is 43.3 Å². The van der Waals surface area contributed by atoms with Gasteiger partial charge in [-0.25, -0.2) is 0 Å². The molecular formula is C30H33N3O. The number of hydrogen-bond acceptors (Lipinski definition) is 4. The molecule has 2 aromatic heterocycles. The second kappa shape index (κ2) is 9.63. The Morgan fingerprint density at radius 2 is 1.76 bits per heavy atom. The van der Waals surface area contributed by atoms with E-state index < -0.39 is 0 Å². The summed E-state index contributed by atoms with van der Waals surface area (Å²) in [5.41, 5.74) is 7.82. The molecule has 1 aliphatic heterocycles. The molecular weight excluding hydrogens is 418 g/mol. The van der Waals surface area contributed by atoms with Gasteiger partial charge in [0.25, 0.3) is 0 Å². The number of aromatic nitrogens is 2. The van der Waals surface area contributed by atoms with Gasteiger partial charge in [-0.15, -0.1) is 0 Å². The zero-order valence-electron chi connectivity index (χ0n) is 20.4. The first-order chi connectivity index (χ1) is 16.5. The Balaban J connectivity index is 1.41. The molecule has 0 atom stereocenters. The van der Waals surface area contributed by atoms with Crippen molar-refractivity contribution in [1.29, 1.82) is 0 Å². The van der Waals surface area contributed by atoms with Crippen molar-refractivity contribution in [2.45, 2.75) is 58.4 Å². The number of piperidine rings is 1. The maximum Gasteiger partial charge on any atom is 0.169 e. The summed E-state index contributed by atoms with van der Waals surface area (Å²) in [7, 11) is 0. The Hall–Kier alpha value is -3.11. The number of benzene rings is 1. The van der Waals surface area contributed by atoms with Gasteiger partial charge in [-0.1, -0.05) is 42.5 Å². The lowest BCUT2D eigenvalue weighted by Gasteiger charge is -2.34. The summed E-state index contributed by atoms with van der Waals surface area (Å²) in [6, 6.07) is 17.6. The van der Waals surface area contributed by atoms with E-state index in [9.17, 15) is 4.79 Å². The molecule has 0 amide bonds. The number of pyridine rings is 2. The fraction of sp³-hybridized carbons (Fsp3) is 0.367. The Bertz CT molecular complexity index is 1220. The number of rotatable bonds is 5. The van der Waals surface area contributed by atoms with E-state index in [1.54, 1.807) is 0 Å². The van der Waals surface area contributed by atoms with Gasteiger partial charge in [-0.2, -0.15) is 0 Å². The number of carbonyl (C=O) groups is 1. The van der Waals surface area contributed by atoms with E-state index in [2.05, 4.69) is 48.0 Å². The van der Waals surface area contributed by atoms with Gasteiger partial charge < -0.3 is 4.90 Å². The number of hydrogen-bond donors (Lipinski definition) is 0. The van der Waals surface area contributed by atoms with Crippen LogP contribution in [0.5, 0.6) is 0 Å². The number of fused-ring (bicyclic) bond motifs is 1. The zero-order valence-corrected chi connectivity index (χ0v) is 20.4. The van der Waals surface area contributed by atoms with Crippen molar-refractivity contribution in [3.05, 3.63) is 88.2 Å². The fourth-order valence-electron chi connectivity index (χ4n) is 5.26. The SMILES string of the molecule is Cc1cccc(-c2cc3c(c(Cc4ccc(C5CCN(C(C)C)CC5)cc4)n2)C(=O)CC=C3)n1. The number of aryl methyl sites for hydroxylation is 1. The number of nitrogens with zero attached hydrogens (tertiary/aromatic N) is 3. The predicted molar refractivity (Wildman–Crippen MR) is 138 cm³/mol. The topological polar surface area (TPSA) is 46.1 Å². The van der Waals surface area contributed by atoms with E-state index in [-0.39, 0.29) is 5.78 Å². The summed E-state index contributed by atoms with van der Waals surface area (Å²) in [5, 5.41) is 0. The summed E-state index contributed by atoms with van der Waals surface area (Å²) in [5.74, 6) is 0.787. The third-order valence-corrected chi connectivity index (χ3v) is 7.24. The van der Waals surface area contributed by atoms with Crippen molar-refractivity contribution in [2.75, 3.05) is 13.1 Å². The number of ketones is 1. The molecule has 1 aliphatic carbocycles. The third kappa shape index (κ3) is 4.74. The van der Waals surface area contributed by atoms with Crippen LogP contribution in [0.3, 0.4) is 0 Å². The third-order valence-electron chi connectivity index (χ3n) is 7.24. The van der Waals surface area contributed by atoms with Crippen molar-refractivity contribution in [3.8, 4) is 11.4 Å². The van der Waals surface area contributed by atoms with Crippen molar-refractivity contribution in [1.82, 2.24) is 14.9 Å². The second-order valence-corrected chi connectivity index (χ2v) is 9.93. The van der Waals surface area contributed by atoms with Crippen molar-refractivity contribution in [3.63, 3.8) is 0 Å². The molecule has 174 valence electrons.